The van der Waals surface area contributed by atoms with Crippen LogP contribution in [-0.2, 0) is 25.7 Å². The number of benzene rings is 1. The molecule has 4 amide bonds. The summed E-state index contributed by atoms with van der Waals surface area (Å²) in [6, 6.07) is 9.48. The van der Waals surface area contributed by atoms with Crippen LogP contribution in [0.2, 0.25) is 0 Å². The van der Waals surface area contributed by atoms with E-state index in [1.165, 1.54) is 140 Å². The van der Waals surface area contributed by atoms with Gasteiger partial charge in [0, 0.05) is 19.5 Å². The molecule has 0 unspecified atom stereocenters. The normalized spacial score (nSPS) is 25.8. The molecule has 3 heterocycles. The summed E-state index contributed by atoms with van der Waals surface area (Å²) in [7, 11) is 0. The Bertz CT molecular complexity index is 1200. The van der Waals surface area contributed by atoms with Crippen molar-refractivity contribution in [3.05, 3.63) is 35.9 Å². The SMILES string of the molecule is O=C1CCCCCCCCCCCCCCCCCCCCCCCCCCCC2CC(N3CCN(C(=O)OCc4ccccc4)CC3=O)(C2)C(=O)N1. The molecule has 0 aromatic heterocycles. The predicted octanol–water partition coefficient (Wildman–Crippen LogP) is 10.8. The van der Waals surface area contributed by atoms with E-state index in [4.69, 9.17) is 4.74 Å². The molecule has 1 aromatic rings. The third-order valence-corrected chi connectivity index (χ3v) is 12.1. The first-order valence-electron chi connectivity index (χ1n) is 22.1. The fourth-order valence-corrected chi connectivity index (χ4v) is 8.81. The summed E-state index contributed by atoms with van der Waals surface area (Å²) in [6.07, 6.45) is 34.4. The molecule has 0 radical (unpaired) electrons. The number of imide groups is 1. The van der Waals surface area contributed by atoms with Crippen molar-refractivity contribution >= 4 is 23.8 Å². The second-order valence-corrected chi connectivity index (χ2v) is 16.6. The van der Waals surface area contributed by atoms with E-state index in [1.807, 2.05) is 30.3 Å². The van der Waals surface area contributed by atoms with Crippen molar-refractivity contribution in [2.45, 2.75) is 198 Å². The Kier molecular flexibility index (Phi) is 20.4. The Morgan fingerprint density at radius 2 is 1.08 bits per heavy atom. The van der Waals surface area contributed by atoms with Crippen molar-refractivity contribution in [2.24, 2.45) is 5.92 Å². The number of amides is 4. The monoisotopic (exact) mass is 736 g/mol. The number of nitrogens with zero attached hydrogens (tertiary/aromatic N) is 2. The molecular weight excluding hydrogens is 663 g/mol. The molecule has 2 bridgehead atoms. The van der Waals surface area contributed by atoms with E-state index in [0.29, 0.717) is 31.7 Å². The molecule has 0 spiro atoms. The first kappa shape index (κ1) is 42.8. The van der Waals surface area contributed by atoms with Gasteiger partial charge in [0.05, 0.1) is 0 Å². The minimum absolute atomic E-state index is 0.124. The molecule has 1 aliphatic carbocycles. The van der Waals surface area contributed by atoms with E-state index in [9.17, 15) is 19.2 Å². The van der Waals surface area contributed by atoms with Gasteiger partial charge in [-0.1, -0.05) is 191 Å². The van der Waals surface area contributed by atoms with Gasteiger partial charge in [-0.15, -0.1) is 0 Å². The van der Waals surface area contributed by atoms with Gasteiger partial charge in [-0.05, 0) is 30.7 Å². The average Bonchev–Trinajstić information content (AvgIpc) is 3.14. The van der Waals surface area contributed by atoms with Crippen LogP contribution in [0.15, 0.2) is 30.3 Å². The van der Waals surface area contributed by atoms with Crippen molar-refractivity contribution < 1.29 is 23.9 Å². The molecule has 1 saturated carbocycles. The minimum Gasteiger partial charge on any atom is -0.445 e. The van der Waals surface area contributed by atoms with Gasteiger partial charge in [-0.3, -0.25) is 24.6 Å². The van der Waals surface area contributed by atoms with Crippen molar-refractivity contribution in [3.63, 3.8) is 0 Å². The van der Waals surface area contributed by atoms with Gasteiger partial charge in [-0.25, -0.2) is 4.79 Å². The molecule has 53 heavy (non-hydrogen) atoms. The first-order chi connectivity index (χ1) is 26.0. The van der Waals surface area contributed by atoms with Gasteiger partial charge in [0.25, 0.3) is 5.91 Å². The maximum atomic E-state index is 13.9. The summed E-state index contributed by atoms with van der Waals surface area (Å²) in [5.41, 5.74) is -0.135. The minimum atomic E-state index is -1.02. The second-order valence-electron chi connectivity index (χ2n) is 16.6. The molecule has 5 rings (SSSR count). The maximum Gasteiger partial charge on any atom is 0.410 e. The highest BCUT2D eigenvalue weighted by atomic mass is 16.6. The largest absolute Gasteiger partial charge is 0.445 e. The van der Waals surface area contributed by atoms with E-state index < -0.39 is 11.6 Å². The molecule has 1 aromatic carbocycles. The van der Waals surface area contributed by atoms with Crippen LogP contribution < -0.4 is 5.32 Å². The lowest BCUT2D eigenvalue weighted by Crippen LogP contribution is -2.71. The Labute approximate surface area is 321 Å². The van der Waals surface area contributed by atoms with Gasteiger partial charge in [0.15, 0.2) is 0 Å². The van der Waals surface area contributed by atoms with Crippen LogP contribution in [0.4, 0.5) is 4.79 Å². The van der Waals surface area contributed by atoms with Gasteiger partial charge in [0.1, 0.15) is 18.7 Å². The maximum absolute atomic E-state index is 13.9. The van der Waals surface area contributed by atoms with Crippen molar-refractivity contribution in [2.75, 3.05) is 19.6 Å². The molecule has 4 aliphatic rings. The highest BCUT2D eigenvalue weighted by molar-refractivity contribution is 6.02. The highest BCUT2D eigenvalue weighted by Gasteiger charge is 2.56. The Morgan fingerprint density at radius 1 is 0.623 bits per heavy atom. The molecule has 8 heteroatoms. The molecule has 0 atom stereocenters. The average molecular weight is 736 g/mol. The van der Waals surface area contributed by atoms with Crippen LogP contribution in [-0.4, -0.2) is 58.8 Å². The zero-order valence-electron chi connectivity index (χ0n) is 33.2. The van der Waals surface area contributed by atoms with Crippen LogP contribution in [0.25, 0.3) is 0 Å². The van der Waals surface area contributed by atoms with Crippen LogP contribution in [0.1, 0.15) is 192 Å². The number of piperazine rings is 1. The Balaban J connectivity index is 1.24. The van der Waals surface area contributed by atoms with Crippen molar-refractivity contribution in [1.29, 1.82) is 0 Å². The Morgan fingerprint density at radius 3 is 1.55 bits per heavy atom. The summed E-state index contributed by atoms with van der Waals surface area (Å²) >= 11 is 0. The van der Waals surface area contributed by atoms with Gasteiger partial charge in [0.2, 0.25) is 11.8 Å². The zero-order valence-corrected chi connectivity index (χ0v) is 33.2. The summed E-state index contributed by atoms with van der Waals surface area (Å²) in [6.45, 7) is 0.575. The zero-order chi connectivity index (χ0) is 37.4. The number of rotatable bonds is 3. The fourth-order valence-electron chi connectivity index (χ4n) is 8.81. The van der Waals surface area contributed by atoms with Crippen LogP contribution in [0, 0.1) is 5.92 Å². The van der Waals surface area contributed by atoms with Crippen LogP contribution >= 0.6 is 0 Å². The number of nitrogens with one attached hydrogen (secondary N) is 1. The molecular formula is C45H73N3O5. The summed E-state index contributed by atoms with van der Waals surface area (Å²) < 4.78 is 5.49. The van der Waals surface area contributed by atoms with E-state index in [1.54, 1.807) is 4.90 Å². The standard InChI is InChI=1S/C45H73N3O5/c49-41-32-28-23-21-19-17-15-13-11-9-7-5-3-1-2-4-6-8-10-12-14-16-18-20-22-25-31-40-35-45(36-40,43(51)46-41)48-34-33-47(37-42(48)50)44(52)53-38-39-29-26-24-27-30-39/h24,26-27,29-30,40H,1-23,25,28,31-38H2,(H,46,49,51). The number of carbonyl (C=O) groups is 4. The summed E-state index contributed by atoms with van der Waals surface area (Å²) in [5, 5.41) is 2.71. The molecule has 8 nitrogen and oxygen atoms in total. The second kappa shape index (κ2) is 25.2. The lowest BCUT2D eigenvalue weighted by Gasteiger charge is -2.54. The molecule has 298 valence electrons. The Hall–Kier alpha value is -2.90. The van der Waals surface area contributed by atoms with E-state index in [-0.39, 0.29) is 37.4 Å². The molecule has 3 aliphatic heterocycles. The lowest BCUT2D eigenvalue weighted by atomic mass is 9.64. The molecule has 4 fully saturated rings. The van der Waals surface area contributed by atoms with Crippen molar-refractivity contribution in [3.8, 4) is 0 Å². The number of carbonyl (C=O) groups excluding carboxylic acids is 4. The number of hydrogen-bond donors (Lipinski definition) is 1. The van der Waals surface area contributed by atoms with Gasteiger partial charge >= 0.3 is 6.09 Å². The van der Waals surface area contributed by atoms with Crippen LogP contribution in [0.5, 0.6) is 0 Å². The quantitative estimate of drug-likeness (QED) is 0.312. The van der Waals surface area contributed by atoms with Gasteiger partial charge in [-0.2, -0.15) is 0 Å². The van der Waals surface area contributed by atoms with E-state index in [2.05, 4.69) is 5.32 Å². The third kappa shape index (κ3) is 15.8. The summed E-state index contributed by atoms with van der Waals surface area (Å²) in [4.78, 5) is 56.4. The number of ether oxygens (including phenoxy) is 1. The van der Waals surface area contributed by atoms with Crippen molar-refractivity contribution in [1.82, 2.24) is 15.1 Å². The van der Waals surface area contributed by atoms with E-state index >= 15 is 0 Å². The summed E-state index contributed by atoms with van der Waals surface area (Å²) in [5.74, 6) is -0.479. The van der Waals surface area contributed by atoms with Gasteiger partial charge < -0.3 is 9.64 Å². The topological polar surface area (TPSA) is 96.0 Å². The highest BCUT2D eigenvalue weighted by Crippen LogP contribution is 2.46. The number of fused-ring (bicyclic) bond motifs is 29. The molecule has 3 saturated heterocycles. The molecule has 1 N–H and O–H groups in total. The van der Waals surface area contributed by atoms with Crippen LogP contribution in [0.3, 0.4) is 0 Å². The first-order valence-corrected chi connectivity index (χ1v) is 22.1. The fraction of sp³-hybridized carbons (Fsp3) is 0.778. The third-order valence-electron chi connectivity index (χ3n) is 12.1. The lowest BCUT2D eigenvalue weighted by molar-refractivity contribution is -0.163. The smallest absolute Gasteiger partial charge is 0.410 e. The predicted molar refractivity (Wildman–Crippen MR) is 213 cm³/mol. The number of hydrogen-bond acceptors (Lipinski definition) is 5. The van der Waals surface area contributed by atoms with E-state index in [0.717, 1.165) is 37.7 Å².